The molecule has 1 atom stereocenters. The summed E-state index contributed by atoms with van der Waals surface area (Å²) >= 11 is 1.45. The molecule has 1 aliphatic rings. The van der Waals surface area contributed by atoms with Crippen LogP contribution in [0, 0.1) is 27.7 Å². The number of hydrogen-bond donors (Lipinski definition) is 0. The van der Waals surface area contributed by atoms with Crippen molar-refractivity contribution in [2.75, 3.05) is 4.90 Å². The molecular formula is C24H20N2O3S. The third-order valence-electron chi connectivity index (χ3n) is 5.64. The largest absolute Gasteiger partial charge is 0.450 e. The standard InChI is InChI=1S/C24H20N2O3S/c1-12-5-8-16(9-6-12)20-19-21(27)17-11-13(2)7-10-18(17)29-22(19)23(28)26(20)24-25-14(3)15(4)30-24/h5-11,20H,1-4H3/t20-/m0/s1. The third kappa shape index (κ3) is 2.71. The number of rotatable bonds is 2. The molecule has 5 rings (SSSR count). The van der Waals surface area contributed by atoms with Gasteiger partial charge in [0.25, 0.3) is 5.91 Å². The molecule has 3 heterocycles. The van der Waals surface area contributed by atoms with Gasteiger partial charge in [-0.2, -0.15) is 0 Å². The topological polar surface area (TPSA) is 63.4 Å². The van der Waals surface area contributed by atoms with Crippen LogP contribution in [0.15, 0.2) is 51.7 Å². The quantitative estimate of drug-likeness (QED) is 0.449. The molecule has 0 spiro atoms. The molecule has 6 heteroatoms. The van der Waals surface area contributed by atoms with E-state index in [-0.39, 0.29) is 17.1 Å². The molecule has 0 saturated carbocycles. The van der Waals surface area contributed by atoms with Crippen LogP contribution in [-0.4, -0.2) is 10.9 Å². The maximum absolute atomic E-state index is 13.6. The van der Waals surface area contributed by atoms with E-state index >= 15 is 0 Å². The summed E-state index contributed by atoms with van der Waals surface area (Å²) in [6.07, 6.45) is 0. The molecular weight excluding hydrogens is 396 g/mol. The van der Waals surface area contributed by atoms with Gasteiger partial charge in [0.1, 0.15) is 5.58 Å². The number of benzene rings is 2. The average Bonchev–Trinajstić information content (AvgIpc) is 3.20. The molecule has 2 aromatic heterocycles. The molecule has 5 nitrogen and oxygen atoms in total. The van der Waals surface area contributed by atoms with Crippen molar-refractivity contribution in [3.63, 3.8) is 0 Å². The molecule has 30 heavy (non-hydrogen) atoms. The SMILES string of the molecule is Cc1ccc([C@H]2c3c(oc4ccc(C)cc4c3=O)C(=O)N2c2nc(C)c(C)s2)cc1. The minimum Gasteiger partial charge on any atom is -0.450 e. The lowest BCUT2D eigenvalue weighted by molar-refractivity contribution is 0.0971. The van der Waals surface area contributed by atoms with Crippen molar-refractivity contribution in [3.05, 3.63) is 91.3 Å². The van der Waals surface area contributed by atoms with Crippen LogP contribution in [0.1, 0.15) is 49.4 Å². The van der Waals surface area contributed by atoms with Crippen LogP contribution in [0.5, 0.6) is 0 Å². The van der Waals surface area contributed by atoms with Gasteiger partial charge in [-0.3, -0.25) is 14.5 Å². The Balaban J connectivity index is 1.82. The number of nitrogens with zero attached hydrogens (tertiary/aromatic N) is 2. The van der Waals surface area contributed by atoms with Gasteiger partial charge in [-0.1, -0.05) is 41.5 Å². The highest BCUT2D eigenvalue weighted by molar-refractivity contribution is 7.15. The molecule has 0 radical (unpaired) electrons. The molecule has 0 fully saturated rings. The van der Waals surface area contributed by atoms with E-state index in [2.05, 4.69) is 4.98 Å². The fourth-order valence-corrected chi connectivity index (χ4v) is 4.84. The molecule has 4 aromatic rings. The van der Waals surface area contributed by atoms with E-state index in [1.807, 2.05) is 64.1 Å². The molecule has 2 aromatic carbocycles. The Hall–Kier alpha value is -3.25. The zero-order valence-corrected chi connectivity index (χ0v) is 18.0. The minimum absolute atomic E-state index is 0.104. The van der Waals surface area contributed by atoms with Crippen LogP contribution in [0.2, 0.25) is 0 Å². The summed E-state index contributed by atoms with van der Waals surface area (Å²) in [4.78, 5) is 34.3. The maximum atomic E-state index is 13.6. The Morgan fingerprint density at radius 1 is 0.967 bits per heavy atom. The van der Waals surface area contributed by atoms with E-state index in [4.69, 9.17) is 4.42 Å². The first-order valence-electron chi connectivity index (χ1n) is 9.76. The Kier molecular flexibility index (Phi) is 4.15. The minimum atomic E-state index is -0.570. The van der Waals surface area contributed by atoms with Crippen molar-refractivity contribution in [3.8, 4) is 0 Å². The second-order valence-electron chi connectivity index (χ2n) is 7.80. The van der Waals surface area contributed by atoms with Gasteiger partial charge in [0.2, 0.25) is 5.76 Å². The highest BCUT2D eigenvalue weighted by Crippen LogP contribution is 2.43. The van der Waals surface area contributed by atoms with E-state index in [1.165, 1.54) is 11.3 Å². The summed E-state index contributed by atoms with van der Waals surface area (Å²) in [6.45, 7) is 7.84. The van der Waals surface area contributed by atoms with Crippen molar-refractivity contribution in [1.82, 2.24) is 4.98 Å². The van der Waals surface area contributed by atoms with E-state index < -0.39 is 6.04 Å². The molecule has 0 unspecified atom stereocenters. The zero-order valence-electron chi connectivity index (χ0n) is 17.1. The molecule has 1 aliphatic heterocycles. The summed E-state index contributed by atoms with van der Waals surface area (Å²) in [5, 5.41) is 1.07. The Labute approximate surface area is 177 Å². The van der Waals surface area contributed by atoms with E-state index in [0.717, 1.165) is 27.3 Å². The van der Waals surface area contributed by atoms with Crippen LogP contribution >= 0.6 is 11.3 Å². The molecule has 0 aliphatic carbocycles. The number of carbonyl (C=O) groups is 1. The summed E-state index contributed by atoms with van der Waals surface area (Å²) in [6, 6.07) is 12.8. The number of anilines is 1. The van der Waals surface area contributed by atoms with Crippen LogP contribution < -0.4 is 10.3 Å². The van der Waals surface area contributed by atoms with Gasteiger partial charge in [-0.15, -0.1) is 11.3 Å². The number of aromatic nitrogens is 1. The summed E-state index contributed by atoms with van der Waals surface area (Å²) in [5.74, 6) is -0.226. The van der Waals surface area contributed by atoms with Crippen LogP contribution in [0.25, 0.3) is 11.0 Å². The normalized spacial score (nSPS) is 15.8. The zero-order chi connectivity index (χ0) is 21.2. The first-order valence-corrected chi connectivity index (χ1v) is 10.6. The van der Waals surface area contributed by atoms with Crippen molar-refractivity contribution >= 4 is 33.3 Å². The van der Waals surface area contributed by atoms with Crippen LogP contribution in [-0.2, 0) is 0 Å². The van der Waals surface area contributed by atoms with E-state index in [9.17, 15) is 9.59 Å². The predicted molar refractivity (Wildman–Crippen MR) is 119 cm³/mol. The number of amides is 1. The third-order valence-corrected chi connectivity index (χ3v) is 6.71. The van der Waals surface area contributed by atoms with Gasteiger partial charge >= 0.3 is 0 Å². The smallest absolute Gasteiger partial charge is 0.297 e. The Bertz CT molecular complexity index is 1360. The lowest BCUT2D eigenvalue weighted by Crippen LogP contribution is -2.29. The molecule has 1 amide bonds. The second kappa shape index (κ2) is 6.64. The van der Waals surface area contributed by atoms with Crippen LogP contribution in [0.4, 0.5) is 5.13 Å². The van der Waals surface area contributed by atoms with Gasteiger partial charge < -0.3 is 4.42 Å². The molecule has 0 bridgehead atoms. The van der Waals surface area contributed by atoms with Gasteiger partial charge in [-0.05, 0) is 45.4 Å². The Morgan fingerprint density at radius 3 is 2.33 bits per heavy atom. The van der Waals surface area contributed by atoms with Crippen molar-refractivity contribution < 1.29 is 9.21 Å². The number of aryl methyl sites for hydroxylation is 4. The molecule has 0 N–H and O–H groups in total. The number of fused-ring (bicyclic) bond motifs is 2. The fourth-order valence-electron chi connectivity index (χ4n) is 3.91. The maximum Gasteiger partial charge on any atom is 0.297 e. The van der Waals surface area contributed by atoms with Crippen molar-refractivity contribution in [2.45, 2.75) is 33.7 Å². The summed E-state index contributed by atoms with van der Waals surface area (Å²) < 4.78 is 6.00. The monoisotopic (exact) mass is 416 g/mol. The van der Waals surface area contributed by atoms with Crippen molar-refractivity contribution in [1.29, 1.82) is 0 Å². The van der Waals surface area contributed by atoms with E-state index in [0.29, 0.717) is 21.7 Å². The molecule has 0 saturated heterocycles. The number of thiazole rings is 1. The number of hydrogen-bond acceptors (Lipinski definition) is 5. The lowest BCUT2D eigenvalue weighted by atomic mass is 9.97. The fraction of sp³-hybridized carbons (Fsp3) is 0.208. The molecule has 150 valence electrons. The highest BCUT2D eigenvalue weighted by atomic mass is 32.1. The van der Waals surface area contributed by atoms with Gasteiger partial charge in [0, 0.05) is 4.88 Å². The summed E-state index contributed by atoms with van der Waals surface area (Å²) in [5.41, 5.74) is 4.45. The van der Waals surface area contributed by atoms with Gasteiger partial charge in [0.05, 0.1) is 22.7 Å². The first kappa shape index (κ1) is 18.8. The highest BCUT2D eigenvalue weighted by Gasteiger charge is 2.45. The second-order valence-corrected chi connectivity index (χ2v) is 8.98. The summed E-state index contributed by atoms with van der Waals surface area (Å²) in [7, 11) is 0. The van der Waals surface area contributed by atoms with Crippen LogP contribution in [0.3, 0.4) is 0 Å². The van der Waals surface area contributed by atoms with Gasteiger partial charge in [-0.25, -0.2) is 4.98 Å². The average molecular weight is 417 g/mol. The first-order chi connectivity index (χ1) is 14.3. The Morgan fingerprint density at radius 2 is 1.67 bits per heavy atom. The lowest BCUT2D eigenvalue weighted by Gasteiger charge is -2.22. The predicted octanol–water partition coefficient (Wildman–Crippen LogP) is 5.23. The number of carbonyl (C=O) groups excluding carboxylic acids is 1. The van der Waals surface area contributed by atoms with E-state index in [1.54, 1.807) is 11.0 Å². The van der Waals surface area contributed by atoms with Gasteiger partial charge in [0.15, 0.2) is 10.6 Å². The van der Waals surface area contributed by atoms with Crippen molar-refractivity contribution in [2.24, 2.45) is 0 Å².